The van der Waals surface area contributed by atoms with Crippen molar-refractivity contribution in [3.63, 3.8) is 0 Å². The number of hydrogen-bond acceptors (Lipinski definition) is 6. The Labute approximate surface area is 198 Å². The summed E-state index contributed by atoms with van der Waals surface area (Å²) in [7, 11) is 1.33. The number of carbonyl (C=O) groups is 3. The second kappa shape index (κ2) is 11.1. The van der Waals surface area contributed by atoms with Crippen molar-refractivity contribution >= 4 is 18.0 Å². The number of amides is 2. The van der Waals surface area contributed by atoms with Crippen LogP contribution >= 0.6 is 0 Å². The summed E-state index contributed by atoms with van der Waals surface area (Å²) in [6, 6.07) is 16.2. The molecule has 0 fully saturated rings. The third-order valence-corrected chi connectivity index (χ3v) is 5.67. The normalized spacial score (nSPS) is 13.5. The zero-order chi connectivity index (χ0) is 24.7. The van der Waals surface area contributed by atoms with Gasteiger partial charge in [-0.2, -0.15) is 0 Å². The Morgan fingerprint density at radius 1 is 1.03 bits per heavy atom. The van der Waals surface area contributed by atoms with Crippen LogP contribution in [0.1, 0.15) is 43.7 Å². The molecule has 2 aromatic carbocycles. The minimum atomic E-state index is -1.30. The van der Waals surface area contributed by atoms with Gasteiger partial charge in [-0.1, -0.05) is 48.5 Å². The predicted molar refractivity (Wildman–Crippen MR) is 124 cm³/mol. The van der Waals surface area contributed by atoms with Crippen molar-refractivity contribution in [2.24, 2.45) is 0 Å². The van der Waals surface area contributed by atoms with E-state index in [1.807, 2.05) is 36.4 Å². The summed E-state index contributed by atoms with van der Waals surface area (Å²) in [5, 5.41) is 11.8. The molecule has 1 aliphatic rings. The minimum absolute atomic E-state index is 0.00990. The molecule has 0 aromatic heterocycles. The van der Waals surface area contributed by atoms with Crippen molar-refractivity contribution < 1.29 is 33.8 Å². The highest BCUT2D eigenvalue weighted by Gasteiger charge is 2.30. The summed E-state index contributed by atoms with van der Waals surface area (Å²) in [6.45, 7) is 3.53. The van der Waals surface area contributed by atoms with Crippen LogP contribution in [0.15, 0.2) is 48.5 Å². The Balaban J connectivity index is 1.48. The molecule has 1 atom stereocenters. The van der Waals surface area contributed by atoms with Crippen molar-refractivity contribution in [2.45, 2.75) is 44.2 Å². The molecular formula is C25H30N2O7. The van der Waals surface area contributed by atoms with Crippen LogP contribution in [0.3, 0.4) is 0 Å². The van der Waals surface area contributed by atoms with Crippen LogP contribution in [0.25, 0.3) is 11.1 Å². The number of alkyl carbamates (subject to hydrolysis) is 1. The number of carboxylic acid groups (broad SMARTS) is 1. The molecule has 0 saturated carbocycles. The maximum absolute atomic E-state index is 12.5. The van der Waals surface area contributed by atoms with Crippen LogP contribution in [0.5, 0.6) is 0 Å². The van der Waals surface area contributed by atoms with Crippen molar-refractivity contribution in [3.8, 4) is 11.1 Å². The average Bonchev–Trinajstić information content (AvgIpc) is 3.12. The molecule has 34 heavy (non-hydrogen) atoms. The number of fused-ring (bicyclic) bond motifs is 3. The first-order chi connectivity index (χ1) is 16.2. The number of aliphatic carboxylic acids is 1. The lowest BCUT2D eigenvalue weighted by Gasteiger charge is -2.26. The minimum Gasteiger partial charge on any atom is -0.479 e. The summed E-state index contributed by atoms with van der Waals surface area (Å²) in [6.07, 6.45) is -1.58. The molecule has 0 radical (unpaired) electrons. The van der Waals surface area contributed by atoms with E-state index in [2.05, 4.69) is 22.9 Å². The first-order valence-corrected chi connectivity index (χ1v) is 11.0. The van der Waals surface area contributed by atoms with Crippen LogP contribution in [-0.2, 0) is 23.9 Å². The first-order valence-electron chi connectivity index (χ1n) is 11.0. The molecule has 1 aliphatic carbocycles. The third-order valence-electron chi connectivity index (χ3n) is 5.67. The highest BCUT2D eigenvalue weighted by Crippen LogP contribution is 2.44. The molecule has 1 unspecified atom stereocenters. The van der Waals surface area contributed by atoms with Crippen molar-refractivity contribution in [3.05, 3.63) is 59.7 Å². The van der Waals surface area contributed by atoms with Crippen molar-refractivity contribution in [2.75, 3.05) is 20.3 Å². The molecule has 2 aromatic rings. The lowest BCUT2D eigenvalue weighted by Crippen LogP contribution is -2.45. The van der Waals surface area contributed by atoms with E-state index in [0.29, 0.717) is 0 Å². The molecule has 9 nitrogen and oxygen atoms in total. The lowest BCUT2D eigenvalue weighted by molar-refractivity contribution is -0.165. The fourth-order valence-electron chi connectivity index (χ4n) is 3.89. The number of rotatable bonds is 11. The summed E-state index contributed by atoms with van der Waals surface area (Å²) in [5.41, 5.74) is 5.92. The van der Waals surface area contributed by atoms with Gasteiger partial charge in [-0.05, 0) is 42.5 Å². The number of methoxy groups -OCH3 is 1. The highest BCUT2D eigenvalue weighted by molar-refractivity contribution is 5.79. The third kappa shape index (κ3) is 6.33. The predicted octanol–water partition coefficient (Wildman–Crippen LogP) is 3.23. The first kappa shape index (κ1) is 25.2. The summed E-state index contributed by atoms with van der Waals surface area (Å²) in [5.74, 6) is -1.80. The molecule has 0 bridgehead atoms. The number of carbonyl (C=O) groups excluding carboxylic acids is 2. The maximum atomic E-state index is 12.5. The van der Waals surface area contributed by atoms with Gasteiger partial charge < -0.3 is 19.9 Å². The van der Waals surface area contributed by atoms with E-state index in [0.717, 1.165) is 22.3 Å². The molecule has 3 rings (SSSR count). The van der Waals surface area contributed by atoms with Crippen LogP contribution in [0, 0.1) is 0 Å². The van der Waals surface area contributed by atoms with Gasteiger partial charge >= 0.3 is 12.1 Å². The van der Waals surface area contributed by atoms with Crippen LogP contribution in [0.4, 0.5) is 4.79 Å². The van der Waals surface area contributed by atoms with Gasteiger partial charge in [0, 0.05) is 25.0 Å². The zero-order valence-corrected chi connectivity index (χ0v) is 19.5. The number of nitrogens with one attached hydrogen (secondary N) is 2. The molecule has 0 heterocycles. The Kier molecular flexibility index (Phi) is 8.25. The molecule has 9 heteroatoms. The standard InChI is InChI=1S/C25H30N2O7/c1-25(2,13-12-22(28)27-34-21(15-32-3)23(29)30)26-24(31)33-14-20-18-10-6-4-8-16(18)17-9-5-7-11-19(17)20/h4-11,20-21H,12-15H2,1-3H3,(H,26,31)(H,27,28)(H,29,30). The largest absolute Gasteiger partial charge is 0.479 e. The summed E-state index contributed by atoms with van der Waals surface area (Å²) in [4.78, 5) is 40.4. The molecule has 2 amide bonds. The van der Waals surface area contributed by atoms with Gasteiger partial charge in [0.25, 0.3) is 0 Å². The van der Waals surface area contributed by atoms with Gasteiger partial charge in [-0.25, -0.2) is 15.1 Å². The van der Waals surface area contributed by atoms with Crippen LogP contribution < -0.4 is 10.8 Å². The van der Waals surface area contributed by atoms with Gasteiger partial charge in [-0.3, -0.25) is 9.63 Å². The van der Waals surface area contributed by atoms with E-state index in [4.69, 9.17) is 19.4 Å². The lowest BCUT2D eigenvalue weighted by atomic mass is 9.98. The number of ether oxygens (including phenoxy) is 2. The van der Waals surface area contributed by atoms with E-state index in [1.165, 1.54) is 7.11 Å². The van der Waals surface area contributed by atoms with Gasteiger partial charge in [0.2, 0.25) is 12.0 Å². The zero-order valence-electron chi connectivity index (χ0n) is 19.5. The Morgan fingerprint density at radius 2 is 1.62 bits per heavy atom. The molecule has 182 valence electrons. The van der Waals surface area contributed by atoms with E-state index in [-0.39, 0.29) is 32.0 Å². The van der Waals surface area contributed by atoms with Crippen molar-refractivity contribution in [1.29, 1.82) is 0 Å². The van der Waals surface area contributed by atoms with E-state index in [1.54, 1.807) is 13.8 Å². The fourth-order valence-corrected chi connectivity index (χ4v) is 3.89. The molecule has 0 aliphatic heterocycles. The molecular weight excluding hydrogens is 440 g/mol. The number of carboxylic acids is 1. The maximum Gasteiger partial charge on any atom is 0.407 e. The smallest absolute Gasteiger partial charge is 0.407 e. The van der Waals surface area contributed by atoms with E-state index < -0.39 is 29.6 Å². The fraction of sp³-hybridized carbons (Fsp3) is 0.400. The number of benzene rings is 2. The van der Waals surface area contributed by atoms with Crippen molar-refractivity contribution in [1.82, 2.24) is 10.8 Å². The molecule has 0 spiro atoms. The summed E-state index contributed by atoms with van der Waals surface area (Å²) >= 11 is 0. The Bertz CT molecular complexity index is 992. The number of hydroxylamine groups is 1. The number of hydrogen-bond donors (Lipinski definition) is 3. The van der Waals surface area contributed by atoms with Gasteiger partial charge in [0.05, 0.1) is 6.61 Å². The van der Waals surface area contributed by atoms with Gasteiger partial charge in [0.15, 0.2) is 0 Å². The average molecular weight is 471 g/mol. The second-order valence-corrected chi connectivity index (χ2v) is 8.76. The quantitative estimate of drug-likeness (QED) is 0.431. The van der Waals surface area contributed by atoms with Gasteiger partial charge in [0.1, 0.15) is 6.61 Å². The van der Waals surface area contributed by atoms with Gasteiger partial charge in [-0.15, -0.1) is 0 Å². The topological polar surface area (TPSA) is 123 Å². The monoisotopic (exact) mass is 470 g/mol. The molecule has 3 N–H and O–H groups in total. The van der Waals surface area contributed by atoms with E-state index in [9.17, 15) is 14.4 Å². The van der Waals surface area contributed by atoms with Crippen LogP contribution in [-0.4, -0.2) is 55.0 Å². The van der Waals surface area contributed by atoms with Crippen LogP contribution in [0.2, 0.25) is 0 Å². The summed E-state index contributed by atoms with van der Waals surface area (Å²) < 4.78 is 10.3. The van der Waals surface area contributed by atoms with E-state index >= 15 is 0 Å². The Morgan fingerprint density at radius 3 is 2.18 bits per heavy atom. The highest BCUT2D eigenvalue weighted by atomic mass is 16.7. The molecule has 0 saturated heterocycles. The second-order valence-electron chi connectivity index (χ2n) is 8.76. The Hall–Kier alpha value is -3.43. The SMILES string of the molecule is COCC(ONC(=O)CCC(C)(C)NC(=O)OCC1c2ccccc2-c2ccccc21)C(=O)O.